The van der Waals surface area contributed by atoms with Crippen molar-refractivity contribution in [3.05, 3.63) is 32.5 Å². The van der Waals surface area contributed by atoms with Crippen molar-refractivity contribution in [1.29, 1.82) is 0 Å². The average molecular weight is 332 g/mol. The van der Waals surface area contributed by atoms with E-state index in [4.69, 9.17) is 4.74 Å². The second-order valence-electron chi connectivity index (χ2n) is 4.19. The predicted molar refractivity (Wildman–Crippen MR) is 76.3 cm³/mol. The second kappa shape index (κ2) is 8.19. The number of nitrogens with one attached hydrogen (secondary N) is 1. The molecule has 0 saturated carbocycles. The minimum Gasteiger partial charge on any atom is -0.383 e. The molecule has 0 aliphatic carbocycles. The van der Waals surface area contributed by atoms with Crippen LogP contribution in [0.1, 0.15) is 19.0 Å². The third-order valence-electron chi connectivity index (χ3n) is 2.60. The molecule has 1 aromatic rings. The molecule has 0 bridgehead atoms. The minimum absolute atomic E-state index is 0.0135. The molecule has 0 aromatic carbocycles. The van der Waals surface area contributed by atoms with Crippen LogP contribution in [0.2, 0.25) is 0 Å². The zero-order chi connectivity index (χ0) is 14.3. The molecule has 0 amide bonds. The number of rotatable bonds is 8. The zero-order valence-corrected chi connectivity index (χ0v) is 12.6. The quantitative estimate of drug-likeness (QED) is 0.584. The van der Waals surface area contributed by atoms with Crippen LogP contribution in [0.5, 0.6) is 0 Å². The van der Waals surface area contributed by atoms with Crippen LogP contribution < -0.4 is 5.32 Å². The van der Waals surface area contributed by atoms with Gasteiger partial charge in [0.1, 0.15) is 6.20 Å². The summed E-state index contributed by atoms with van der Waals surface area (Å²) < 4.78 is 5.82. The average Bonchev–Trinajstić information content (AvgIpc) is 2.38. The second-order valence-corrected chi connectivity index (χ2v) is 5.04. The third-order valence-corrected chi connectivity index (χ3v) is 3.29. The smallest absolute Gasteiger partial charge is 0.288 e. The Morgan fingerprint density at radius 2 is 2.37 bits per heavy atom. The zero-order valence-electron chi connectivity index (χ0n) is 11.1. The number of ether oxygens (including phenoxy) is 1. The van der Waals surface area contributed by atoms with Gasteiger partial charge in [-0.25, -0.2) is 0 Å². The highest BCUT2D eigenvalue weighted by Crippen LogP contribution is 2.21. The Morgan fingerprint density at radius 1 is 1.63 bits per heavy atom. The summed E-state index contributed by atoms with van der Waals surface area (Å²) in [6.07, 6.45) is 2.98. The Hall–Kier alpha value is -1.05. The summed E-state index contributed by atoms with van der Waals surface area (Å²) in [4.78, 5) is 14.3. The van der Waals surface area contributed by atoms with E-state index < -0.39 is 4.92 Å². The van der Waals surface area contributed by atoms with Gasteiger partial charge in [0.15, 0.2) is 0 Å². The molecule has 1 unspecified atom stereocenters. The summed E-state index contributed by atoms with van der Waals surface area (Å²) in [5.41, 5.74) is 0.775. The summed E-state index contributed by atoms with van der Waals surface area (Å²) >= 11 is 3.33. The largest absolute Gasteiger partial charge is 0.383 e. The molecule has 0 spiro atoms. The molecule has 19 heavy (non-hydrogen) atoms. The fourth-order valence-corrected chi connectivity index (χ4v) is 2.18. The highest BCUT2D eigenvalue weighted by molar-refractivity contribution is 9.10. The van der Waals surface area contributed by atoms with Gasteiger partial charge in [-0.2, -0.15) is 0 Å². The van der Waals surface area contributed by atoms with Crippen LogP contribution in [0.4, 0.5) is 5.69 Å². The van der Waals surface area contributed by atoms with E-state index in [2.05, 4.69) is 33.2 Å². The van der Waals surface area contributed by atoms with Gasteiger partial charge >= 0.3 is 0 Å². The standard InChI is InChI=1S/C12H18BrN3O3/c1-3-4-14-9(8-19-2)5-12-11(13)6-10(7-15-12)16(17)18/h6-7,9,14H,3-5,8H2,1-2H3. The molecular weight excluding hydrogens is 314 g/mol. The van der Waals surface area contributed by atoms with Crippen molar-refractivity contribution in [2.75, 3.05) is 20.3 Å². The number of pyridine rings is 1. The SMILES string of the molecule is CCCNC(COC)Cc1ncc([N+](=O)[O-])cc1Br. The third kappa shape index (κ3) is 5.22. The van der Waals surface area contributed by atoms with Crippen LogP contribution in [0.25, 0.3) is 0 Å². The van der Waals surface area contributed by atoms with Crippen molar-refractivity contribution in [1.82, 2.24) is 10.3 Å². The van der Waals surface area contributed by atoms with E-state index in [9.17, 15) is 10.1 Å². The molecule has 0 fully saturated rings. The summed E-state index contributed by atoms with van der Waals surface area (Å²) in [7, 11) is 1.65. The van der Waals surface area contributed by atoms with Gasteiger partial charge < -0.3 is 10.1 Å². The number of aromatic nitrogens is 1. The molecule has 1 atom stereocenters. The number of hydrogen-bond acceptors (Lipinski definition) is 5. The topological polar surface area (TPSA) is 77.3 Å². The Kier molecular flexibility index (Phi) is 6.90. The molecule has 1 aromatic heterocycles. The number of nitro groups is 1. The van der Waals surface area contributed by atoms with Gasteiger partial charge in [-0.05, 0) is 28.9 Å². The van der Waals surface area contributed by atoms with Crippen molar-refractivity contribution in [2.24, 2.45) is 0 Å². The van der Waals surface area contributed by atoms with Gasteiger partial charge in [-0.3, -0.25) is 15.1 Å². The first kappa shape index (κ1) is 16.0. The van der Waals surface area contributed by atoms with Crippen LogP contribution in [0.3, 0.4) is 0 Å². The van der Waals surface area contributed by atoms with E-state index in [0.717, 1.165) is 18.7 Å². The lowest BCUT2D eigenvalue weighted by Crippen LogP contribution is -2.36. The van der Waals surface area contributed by atoms with Crippen molar-refractivity contribution in [2.45, 2.75) is 25.8 Å². The highest BCUT2D eigenvalue weighted by Gasteiger charge is 2.15. The summed E-state index contributed by atoms with van der Waals surface area (Å²) in [5.74, 6) is 0. The lowest BCUT2D eigenvalue weighted by Gasteiger charge is -2.17. The number of methoxy groups -OCH3 is 1. The van der Waals surface area contributed by atoms with Gasteiger partial charge in [0.05, 0.1) is 17.2 Å². The highest BCUT2D eigenvalue weighted by atomic mass is 79.9. The molecule has 0 aliphatic heterocycles. The summed E-state index contributed by atoms with van der Waals surface area (Å²) in [6, 6.07) is 1.63. The maximum atomic E-state index is 10.6. The fraction of sp³-hybridized carbons (Fsp3) is 0.583. The van der Waals surface area contributed by atoms with E-state index in [1.165, 1.54) is 12.3 Å². The van der Waals surface area contributed by atoms with Gasteiger partial charge in [-0.15, -0.1) is 0 Å². The Labute approximate surface area is 120 Å². The van der Waals surface area contributed by atoms with E-state index in [0.29, 0.717) is 17.5 Å². The van der Waals surface area contributed by atoms with E-state index in [1.807, 2.05) is 0 Å². The molecular formula is C12H18BrN3O3. The molecule has 0 saturated heterocycles. The predicted octanol–water partition coefficient (Wildman–Crippen LogP) is 2.31. The molecule has 7 heteroatoms. The number of nitrogens with zero attached hydrogens (tertiary/aromatic N) is 2. The van der Waals surface area contributed by atoms with Crippen molar-refractivity contribution in [3.8, 4) is 0 Å². The Balaban J connectivity index is 2.75. The molecule has 106 valence electrons. The first-order valence-corrected chi connectivity index (χ1v) is 6.88. The van der Waals surface area contributed by atoms with E-state index in [1.54, 1.807) is 7.11 Å². The maximum absolute atomic E-state index is 10.6. The minimum atomic E-state index is -0.455. The van der Waals surface area contributed by atoms with Crippen LogP contribution in [0, 0.1) is 10.1 Å². The van der Waals surface area contributed by atoms with Crippen molar-refractivity contribution >= 4 is 21.6 Å². The lowest BCUT2D eigenvalue weighted by atomic mass is 10.1. The van der Waals surface area contributed by atoms with Gasteiger partial charge in [0.2, 0.25) is 0 Å². The van der Waals surface area contributed by atoms with Crippen LogP contribution in [0.15, 0.2) is 16.7 Å². The fourth-order valence-electron chi connectivity index (χ4n) is 1.68. The van der Waals surface area contributed by atoms with Crippen molar-refractivity contribution < 1.29 is 9.66 Å². The first-order valence-electron chi connectivity index (χ1n) is 6.09. The Bertz CT molecular complexity index is 429. The molecule has 0 radical (unpaired) electrons. The maximum Gasteiger partial charge on any atom is 0.288 e. The summed E-state index contributed by atoms with van der Waals surface area (Å²) in [5, 5.41) is 14.0. The number of hydrogen-bond donors (Lipinski definition) is 1. The molecule has 1 N–H and O–H groups in total. The molecule has 0 aliphatic rings. The van der Waals surface area contributed by atoms with Crippen LogP contribution in [-0.2, 0) is 11.2 Å². The summed E-state index contributed by atoms with van der Waals surface area (Å²) in [6.45, 7) is 3.57. The molecule has 6 nitrogen and oxygen atoms in total. The lowest BCUT2D eigenvalue weighted by molar-refractivity contribution is -0.385. The van der Waals surface area contributed by atoms with Gasteiger partial charge in [0, 0.05) is 30.1 Å². The van der Waals surface area contributed by atoms with Crippen LogP contribution in [-0.4, -0.2) is 36.2 Å². The van der Waals surface area contributed by atoms with E-state index >= 15 is 0 Å². The van der Waals surface area contributed by atoms with Crippen molar-refractivity contribution in [3.63, 3.8) is 0 Å². The molecule has 1 rings (SSSR count). The Morgan fingerprint density at radius 3 is 2.89 bits per heavy atom. The monoisotopic (exact) mass is 331 g/mol. The number of halogens is 1. The van der Waals surface area contributed by atoms with Crippen LogP contribution >= 0.6 is 15.9 Å². The van der Waals surface area contributed by atoms with Gasteiger partial charge in [0.25, 0.3) is 5.69 Å². The first-order chi connectivity index (χ1) is 9.08. The molecule has 1 heterocycles. The normalized spacial score (nSPS) is 12.4. The van der Waals surface area contributed by atoms with Gasteiger partial charge in [-0.1, -0.05) is 6.92 Å². The van der Waals surface area contributed by atoms with E-state index in [-0.39, 0.29) is 11.7 Å².